The van der Waals surface area contributed by atoms with Crippen molar-refractivity contribution in [2.24, 2.45) is 0 Å². The van der Waals surface area contributed by atoms with E-state index in [0.717, 1.165) is 50.0 Å². The van der Waals surface area contributed by atoms with E-state index in [9.17, 15) is 0 Å². The largest absolute Gasteiger partial charge is 0.264 e. The standard InChI is InChI=1S/C56H39N3/c1-56(2)51-29-26-43(32-49(51)50-31-41-13-6-7-14-42(41)33-52(50)56)36-18-22-38(23-19-36)45-27-28-48(47-17-9-8-16-46(45)47)55-58-53(39-11-4-3-5-12-39)34-54(59-55)40-24-20-37(21-25-40)44-15-10-30-57-35-44/h3-35H,1-2H3. The van der Waals surface area contributed by atoms with Crippen LogP contribution in [0.25, 0.3) is 100.0 Å². The second-order valence-electron chi connectivity index (χ2n) is 16.1. The number of hydrogen-bond acceptors (Lipinski definition) is 3. The average molecular weight is 754 g/mol. The summed E-state index contributed by atoms with van der Waals surface area (Å²) in [6.45, 7) is 4.70. The molecule has 0 unspecified atom stereocenters. The van der Waals surface area contributed by atoms with Gasteiger partial charge in [0.05, 0.1) is 11.4 Å². The molecule has 0 bridgehead atoms. The molecule has 1 aliphatic carbocycles. The fraction of sp³-hybridized carbons (Fsp3) is 0.0536. The van der Waals surface area contributed by atoms with Gasteiger partial charge in [0, 0.05) is 34.5 Å². The fourth-order valence-corrected chi connectivity index (χ4v) is 9.04. The molecule has 2 heterocycles. The van der Waals surface area contributed by atoms with Crippen LogP contribution in [0.2, 0.25) is 0 Å². The summed E-state index contributed by atoms with van der Waals surface area (Å²) in [5.41, 5.74) is 17.2. The summed E-state index contributed by atoms with van der Waals surface area (Å²) in [4.78, 5) is 14.7. The van der Waals surface area contributed by atoms with Gasteiger partial charge in [0.2, 0.25) is 0 Å². The van der Waals surface area contributed by atoms with Crippen molar-refractivity contribution in [3.05, 3.63) is 212 Å². The van der Waals surface area contributed by atoms with Crippen molar-refractivity contribution >= 4 is 21.5 Å². The molecule has 0 saturated heterocycles. The highest BCUT2D eigenvalue weighted by molar-refractivity contribution is 6.04. The molecule has 3 nitrogen and oxygen atoms in total. The van der Waals surface area contributed by atoms with E-state index in [4.69, 9.17) is 9.97 Å². The summed E-state index contributed by atoms with van der Waals surface area (Å²) in [6.07, 6.45) is 3.69. The summed E-state index contributed by atoms with van der Waals surface area (Å²) >= 11 is 0. The number of aromatic nitrogens is 3. The normalized spacial score (nSPS) is 12.7. The molecule has 278 valence electrons. The molecule has 10 aromatic rings. The molecule has 0 spiro atoms. The maximum atomic E-state index is 5.24. The van der Waals surface area contributed by atoms with E-state index in [2.05, 4.69) is 195 Å². The van der Waals surface area contributed by atoms with E-state index in [1.54, 1.807) is 6.20 Å². The lowest BCUT2D eigenvalue weighted by Gasteiger charge is -2.22. The third-order valence-electron chi connectivity index (χ3n) is 12.2. The minimum Gasteiger partial charge on any atom is -0.264 e. The zero-order chi connectivity index (χ0) is 39.5. The molecule has 8 aromatic carbocycles. The van der Waals surface area contributed by atoms with E-state index >= 15 is 0 Å². The predicted octanol–water partition coefficient (Wildman–Crippen LogP) is 14.5. The SMILES string of the molecule is CC1(C)c2ccc(-c3ccc(-c4ccc(-c5nc(-c6ccccc6)cc(-c6ccc(-c7cccnc7)cc6)n5)c5ccccc45)cc3)cc2-c2cc3ccccc3cc21. The Bertz CT molecular complexity index is 3200. The van der Waals surface area contributed by atoms with Gasteiger partial charge in [0.1, 0.15) is 0 Å². The number of rotatable bonds is 6. The topological polar surface area (TPSA) is 38.7 Å². The molecule has 0 N–H and O–H groups in total. The van der Waals surface area contributed by atoms with E-state index in [-0.39, 0.29) is 5.41 Å². The van der Waals surface area contributed by atoms with Gasteiger partial charge < -0.3 is 0 Å². The minimum atomic E-state index is -0.0496. The van der Waals surface area contributed by atoms with E-state index in [1.807, 2.05) is 18.3 Å². The predicted molar refractivity (Wildman–Crippen MR) is 245 cm³/mol. The van der Waals surface area contributed by atoms with Crippen LogP contribution in [-0.2, 0) is 5.41 Å². The molecule has 0 aliphatic heterocycles. The zero-order valence-corrected chi connectivity index (χ0v) is 32.9. The summed E-state index contributed by atoms with van der Waals surface area (Å²) < 4.78 is 0. The molecule has 1 aliphatic rings. The Hall–Kier alpha value is -7.49. The highest BCUT2D eigenvalue weighted by Crippen LogP contribution is 2.51. The van der Waals surface area contributed by atoms with Gasteiger partial charge in [-0.2, -0.15) is 0 Å². The Morgan fingerprint density at radius 2 is 0.898 bits per heavy atom. The first kappa shape index (κ1) is 34.7. The summed E-state index contributed by atoms with van der Waals surface area (Å²) in [5.74, 6) is 0.699. The number of benzene rings is 8. The monoisotopic (exact) mass is 753 g/mol. The van der Waals surface area contributed by atoms with E-state index in [0.29, 0.717) is 5.82 Å². The van der Waals surface area contributed by atoms with Crippen molar-refractivity contribution in [3.63, 3.8) is 0 Å². The van der Waals surface area contributed by atoms with Gasteiger partial charge in [-0.1, -0.05) is 166 Å². The molecule has 11 rings (SSSR count). The quantitative estimate of drug-likeness (QED) is 0.170. The second-order valence-corrected chi connectivity index (χ2v) is 16.1. The van der Waals surface area contributed by atoms with Crippen LogP contribution in [0.5, 0.6) is 0 Å². The lowest BCUT2D eigenvalue weighted by molar-refractivity contribution is 0.661. The van der Waals surface area contributed by atoms with Crippen LogP contribution in [0, 0.1) is 0 Å². The number of pyridine rings is 1. The van der Waals surface area contributed by atoms with Crippen molar-refractivity contribution in [2.75, 3.05) is 0 Å². The van der Waals surface area contributed by atoms with Gasteiger partial charge in [-0.25, -0.2) is 9.97 Å². The third kappa shape index (κ3) is 6.02. The second kappa shape index (κ2) is 13.9. The molecule has 0 amide bonds. The molecule has 2 aromatic heterocycles. The maximum absolute atomic E-state index is 5.24. The Labute approximate surface area is 344 Å². The van der Waals surface area contributed by atoms with Crippen LogP contribution < -0.4 is 0 Å². The van der Waals surface area contributed by atoms with Crippen LogP contribution in [0.1, 0.15) is 25.0 Å². The first-order chi connectivity index (χ1) is 29.0. The van der Waals surface area contributed by atoms with Crippen molar-refractivity contribution in [2.45, 2.75) is 19.3 Å². The summed E-state index contributed by atoms with van der Waals surface area (Å²) in [6, 6.07) is 67.6. The number of fused-ring (bicyclic) bond motifs is 5. The fourth-order valence-electron chi connectivity index (χ4n) is 9.04. The van der Waals surface area contributed by atoms with Crippen molar-refractivity contribution < 1.29 is 0 Å². The average Bonchev–Trinajstić information content (AvgIpc) is 3.52. The smallest absolute Gasteiger partial charge is 0.161 e. The van der Waals surface area contributed by atoms with Crippen LogP contribution >= 0.6 is 0 Å². The first-order valence-electron chi connectivity index (χ1n) is 20.2. The molecule has 0 atom stereocenters. The van der Waals surface area contributed by atoms with Crippen molar-refractivity contribution in [1.29, 1.82) is 0 Å². The van der Waals surface area contributed by atoms with Gasteiger partial charge in [-0.15, -0.1) is 0 Å². The van der Waals surface area contributed by atoms with E-state index in [1.165, 1.54) is 55.3 Å². The summed E-state index contributed by atoms with van der Waals surface area (Å²) in [5, 5.41) is 4.86. The molecule has 59 heavy (non-hydrogen) atoms. The van der Waals surface area contributed by atoms with Crippen LogP contribution in [0.4, 0.5) is 0 Å². The number of hydrogen-bond donors (Lipinski definition) is 0. The van der Waals surface area contributed by atoms with E-state index < -0.39 is 0 Å². The van der Waals surface area contributed by atoms with Crippen LogP contribution in [0.3, 0.4) is 0 Å². The van der Waals surface area contributed by atoms with Crippen molar-refractivity contribution in [3.8, 4) is 78.4 Å². The molecular formula is C56H39N3. The van der Waals surface area contributed by atoms with Gasteiger partial charge in [0.15, 0.2) is 5.82 Å². The van der Waals surface area contributed by atoms with Crippen molar-refractivity contribution in [1.82, 2.24) is 15.0 Å². The molecule has 3 heteroatoms. The van der Waals surface area contributed by atoms with Crippen LogP contribution in [0.15, 0.2) is 200 Å². The minimum absolute atomic E-state index is 0.0496. The Morgan fingerprint density at radius 1 is 0.356 bits per heavy atom. The molecule has 0 fully saturated rings. The lowest BCUT2D eigenvalue weighted by atomic mass is 9.81. The molecule has 0 radical (unpaired) electrons. The molecule has 0 saturated carbocycles. The Morgan fingerprint density at radius 3 is 1.61 bits per heavy atom. The first-order valence-corrected chi connectivity index (χ1v) is 20.2. The van der Waals surface area contributed by atoms with Gasteiger partial charge in [-0.05, 0) is 114 Å². The Balaban J connectivity index is 0.963. The number of nitrogens with zero attached hydrogens (tertiary/aromatic N) is 3. The maximum Gasteiger partial charge on any atom is 0.161 e. The van der Waals surface area contributed by atoms with Crippen LogP contribution in [-0.4, -0.2) is 15.0 Å². The Kier molecular flexibility index (Phi) is 8.16. The summed E-state index contributed by atoms with van der Waals surface area (Å²) in [7, 11) is 0. The van der Waals surface area contributed by atoms with Gasteiger partial charge >= 0.3 is 0 Å². The van der Waals surface area contributed by atoms with Gasteiger partial charge in [-0.3, -0.25) is 4.98 Å². The van der Waals surface area contributed by atoms with Gasteiger partial charge in [0.25, 0.3) is 0 Å². The highest BCUT2D eigenvalue weighted by Gasteiger charge is 2.35. The zero-order valence-electron chi connectivity index (χ0n) is 32.9. The third-order valence-corrected chi connectivity index (χ3v) is 12.2. The molecular weight excluding hydrogens is 715 g/mol. The highest BCUT2D eigenvalue weighted by atomic mass is 14.9. The lowest BCUT2D eigenvalue weighted by Crippen LogP contribution is -2.14.